The second-order valence-corrected chi connectivity index (χ2v) is 7.32. The van der Waals surface area contributed by atoms with Crippen LogP contribution in [0.4, 0.5) is 0 Å². The molecule has 1 aromatic heterocycles. The monoisotopic (exact) mass is 372 g/mol. The lowest BCUT2D eigenvalue weighted by molar-refractivity contribution is 0.0323. The summed E-state index contributed by atoms with van der Waals surface area (Å²) in [7, 11) is 2.06. The summed E-state index contributed by atoms with van der Waals surface area (Å²) < 4.78 is 11.4. The Labute approximate surface area is 162 Å². The lowest BCUT2D eigenvalue weighted by Gasteiger charge is -2.29. The van der Waals surface area contributed by atoms with Crippen LogP contribution in [0.3, 0.4) is 0 Å². The fourth-order valence-corrected chi connectivity index (χ4v) is 3.42. The van der Waals surface area contributed by atoms with Gasteiger partial charge in [-0.05, 0) is 25.0 Å². The molecule has 0 bridgehead atoms. The van der Waals surface area contributed by atoms with E-state index >= 15 is 0 Å². The predicted molar refractivity (Wildman–Crippen MR) is 110 cm³/mol. The molecule has 1 N–H and O–H groups in total. The quantitative estimate of drug-likeness (QED) is 0.598. The van der Waals surface area contributed by atoms with Gasteiger partial charge in [-0.3, -0.25) is 9.89 Å². The third kappa shape index (κ3) is 5.71. The SMILES string of the molecule is CCNC(=NCC(C)CN1CCOCC1)N(C)Cc1cc2ccccc2o1. The van der Waals surface area contributed by atoms with Crippen LogP contribution in [0.5, 0.6) is 0 Å². The summed E-state index contributed by atoms with van der Waals surface area (Å²) in [5.74, 6) is 2.38. The molecule has 0 amide bonds. The van der Waals surface area contributed by atoms with Gasteiger partial charge in [-0.15, -0.1) is 0 Å². The molecule has 2 aromatic rings. The number of hydrogen-bond acceptors (Lipinski definition) is 4. The van der Waals surface area contributed by atoms with Crippen LogP contribution in [-0.4, -0.2) is 68.7 Å². The van der Waals surface area contributed by atoms with Crippen molar-refractivity contribution in [2.24, 2.45) is 10.9 Å². The van der Waals surface area contributed by atoms with E-state index in [1.165, 1.54) is 0 Å². The second kappa shape index (κ2) is 9.76. The van der Waals surface area contributed by atoms with Crippen molar-refractivity contribution in [2.75, 3.05) is 53.0 Å². The first-order valence-electron chi connectivity index (χ1n) is 9.92. The average Bonchev–Trinajstić information content (AvgIpc) is 3.08. The van der Waals surface area contributed by atoms with Gasteiger partial charge in [0.15, 0.2) is 5.96 Å². The number of fused-ring (bicyclic) bond motifs is 1. The van der Waals surface area contributed by atoms with Gasteiger partial charge in [0.1, 0.15) is 11.3 Å². The van der Waals surface area contributed by atoms with Crippen LogP contribution in [-0.2, 0) is 11.3 Å². The molecule has 0 aliphatic carbocycles. The maximum atomic E-state index is 5.95. The Morgan fingerprint density at radius 2 is 2.07 bits per heavy atom. The number of morpholine rings is 1. The number of hydrogen-bond donors (Lipinski definition) is 1. The highest BCUT2D eigenvalue weighted by atomic mass is 16.5. The molecule has 1 fully saturated rings. The second-order valence-electron chi connectivity index (χ2n) is 7.32. The fourth-order valence-electron chi connectivity index (χ4n) is 3.42. The summed E-state index contributed by atoms with van der Waals surface area (Å²) in [5, 5.41) is 4.54. The average molecular weight is 373 g/mol. The molecule has 0 saturated carbocycles. The number of para-hydroxylation sites is 1. The van der Waals surface area contributed by atoms with Gasteiger partial charge in [-0.2, -0.15) is 0 Å². The molecule has 6 heteroatoms. The molecular formula is C21H32N4O2. The van der Waals surface area contributed by atoms with Gasteiger partial charge >= 0.3 is 0 Å². The fraction of sp³-hybridized carbons (Fsp3) is 0.571. The van der Waals surface area contributed by atoms with Crippen molar-refractivity contribution in [3.05, 3.63) is 36.1 Å². The van der Waals surface area contributed by atoms with Crippen LogP contribution in [0.15, 0.2) is 39.7 Å². The Balaban J connectivity index is 1.57. The number of guanidine groups is 1. The third-order valence-corrected chi connectivity index (χ3v) is 4.79. The van der Waals surface area contributed by atoms with Crippen LogP contribution in [0, 0.1) is 5.92 Å². The molecule has 1 aromatic carbocycles. The van der Waals surface area contributed by atoms with E-state index in [1.807, 2.05) is 18.2 Å². The molecule has 6 nitrogen and oxygen atoms in total. The molecule has 1 saturated heterocycles. The lowest BCUT2D eigenvalue weighted by atomic mass is 10.1. The molecule has 1 aliphatic heterocycles. The van der Waals surface area contributed by atoms with E-state index in [9.17, 15) is 0 Å². The molecule has 1 aliphatic rings. The summed E-state index contributed by atoms with van der Waals surface area (Å²) in [6.45, 7) is 11.5. The van der Waals surface area contributed by atoms with Crippen LogP contribution in [0.25, 0.3) is 11.0 Å². The number of furan rings is 1. The molecule has 2 heterocycles. The van der Waals surface area contributed by atoms with Gasteiger partial charge in [0.2, 0.25) is 0 Å². The van der Waals surface area contributed by atoms with Crippen molar-refractivity contribution in [2.45, 2.75) is 20.4 Å². The Morgan fingerprint density at radius 3 is 2.81 bits per heavy atom. The Kier molecular flexibility index (Phi) is 7.12. The number of ether oxygens (including phenoxy) is 1. The van der Waals surface area contributed by atoms with Crippen LogP contribution in [0.2, 0.25) is 0 Å². The van der Waals surface area contributed by atoms with E-state index in [2.05, 4.69) is 48.1 Å². The highest BCUT2D eigenvalue weighted by molar-refractivity contribution is 5.80. The predicted octanol–water partition coefficient (Wildman–Crippen LogP) is 2.80. The Bertz CT molecular complexity index is 704. The van der Waals surface area contributed by atoms with Gasteiger partial charge < -0.3 is 19.4 Å². The largest absolute Gasteiger partial charge is 0.459 e. The highest BCUT2D eigenvalue weighted by Gasteiger charge is 2.15. The zero-order valence-electron chi connectivity index (χ0n) is 16.8. The Morgan fingerprint density at radius 1 is 1.30 bits per heavy atom. The first-order valence-corrected chi connectivity index (χ1v) is 9.92. The van der Waals surface area contributed by atoms with E-state index in [1.54, 1.807) is 0 Å². The first kappa shape index (κ1) is 19.7. The summed E-state index contributed by atoms with van der Waals surface area (Å²) in [6.07, 6.45) is 0. The summed E-state index contributed by atoms with van der Waals surface area (Å²) in [5.41, 5.74) is 0.932. The van der Waals surface area contributed by atoms with E-state index < -0.39 is 0 Å². The highest BCUT2D eigenvalue weighted by Crippen LogP contribution is 2.19. The normalized spacial score (nSPS) is 17.2. The Hall–Kier alpha value is -2.05. The molecular weight excluding hydrogens is 340 g/mol. The maximum absolute atomic E-state index is 5.95. The topological polar surface area (TPSA) is 53.2 Å². The van der Waals surface area contributed by atoms with Crippen LogP contribution >= 0.6 is 0 Å². The van der Waals surface area contributed by atoms with E-state index in [0.29, 0.717) is 12.5 Å². The molecule has 148 valence electrons. The van der Waals surface area contributed by atoms with E-state index in [4.69, 9.17) is 14.1 Å². The molecule has 0 spiro atoms. The van der Waals surface area contributed by atoms with Gasteiger partial charge in [0.25, 0.3) is 0 Å². The molecule has 1 atom stereocenters. The van der Waals surface area contributed by atoms with Crippen molar-refractivity contribution >= 4 is 16.9 Å². The van der Waals surface area contributed by atoms with E-state index in [0.717, 1.165) is 68.6 Å². The molecule has 1 unspecified atom stereocenters. The smallest absolute Gasteiger partial charge is 0.194 e. The zero-order chi connectivity index (χ0) is 19.1. The minimum absolute atomic E-state index is 0.511. The third-order valence-electron chi connectivity index (χ3n) is 4.79. The number of benzene rings is 1. The summed E-state index contributed by atoms with van der Waals surface area (Å²) in [6, 6.07) is 10.2. The van der Waals surface area contributed by atoms with Gasteiger partial charge in [0.05, 0.1) is 19.8 Å². The summed E-state index contributed by atoms with van der Waals surface area (Å²) in [4.78, 5) is 9.46. The van der Waals surface area contributed by atoms with Crippen LogP contribution < -0.4 is 5.32 Å². The molecule has 3 rings (SSSR count). The van der Waals surface area contributed by atoms with Crippen molar-refractivity contribution in [3.8, 4) is 0 Å². The molecule has 0 radical (unpaired) electrons. The first-order chi connectivity index (χ1) is 13.2. The van der Waals surface area contributed by atoms with Crippen LogP contribution in [0.1, 0.15) is 19.6 Å². The van der Waals surface area contributed by atoms with Crippen molar-refractivity contribution in [1.29, 1.82) is 0 Å². The zero-order valence-corrected chi connectivity index (χ0v) is 16.8. The minimum atomic E-state index is 0.511. The number of nitrogens with one attached hydrogen (secondary N) is 1. The van der Waals surface area contributed by atoms with Crippen molar-refractivity contribution in [1.82, 2.24) is 15.1 Å². The maximum Gasteiger partial charge on any atom is 0.194 e. The number of aliphatic imine (C=N–C) groups is 1. The van der Waals surface area contributed by atoms with E-state index in [-0.39, 0.29) is 0 Å². The molecule has 27 heavy (non-hydrogen) atoms. The lowest BCUT2D eigenvalue weighted by Crippen LogP contribution is -2.40. The summed E-state index contributed by atoms with van der Waals surface area (Å²) >= 11 is 0. The van der Waals surface area contributed by atoms with Gasteiger partial charge in [0, 0.05) is 45.2 Å². The van der Waals surface area contributed by atoms with Gasteiger partial charge in [-0.25, -0.2) is 0 Å². The van der Waals surface area contributed by atoms with Crippen molar-refractivity contribution < 1.29 is 9.15 Å². The van der Waals surface area contributed by atoms with Crippen molar-refractivity contribution in [3.63, 3.8) is 0 Å². The number of rotatable bonds is 7. The standard InChI is InChI=1S/C21H32N4O2/c1-4-22-21(23-14-17(2)15-25-9-11-26-12-10-25)24(3)16-19-13-18-7-5-6-8-20(18)27-19/h5-8,13,17H,4,9-12,14-16H2,1-3H3,(H,22,23). The number of nitrogens with zero attached hydrogens (tertiary/aromatic N) is 3. The van der Waals surface area contributed by atoms with Gasteiger partial charge in [-0.1, -0.05) is 25.1 Å². The minimum Gasteiger partial charge on any atom is -0.459 e.